The molecule has 486 valence electrons. The van der Waals surface area contributed by atoms with Gasteiger partial charge in [0.25, 0.3) is 0 Å². The Morgan fingerprint density at radius 2 is 0.783 bits per heavy atom. The first kappa shape index (κ1) is 78.6. The van der Waals surface area contributed by atoms with Gasteiger partial charge < -0.3 is 45.1 Å². The van der Waals surface area contributed by atoms with Gasteiger partial charge in [0.05, 0.1) is 32.0 Å². The third kappa shape index (κ3) is 50.3. The number of rotatable bonds is 62. The van der Waals surface area contributed by atoms with Crippen molar-refractivity contribution in [2.45, 2.75) is 378 Å². The maximum Gasteiger partial charge on any atom is 0.305 e. The number of amides is 1. The van der Waals surface area contributed by atoms with Crippen molar-refractivity contribution in [3.63, 3.8) is 0 Å². The Labute approximate surface area is 510 Å². The van der Waals surface area contributed by atoms with E-state index in [2.05, 4.69) is 55.6 Å². The van der Waals surface area contributed by atoms with Crippen molar-refractivity contribution in [1.29, 1.82) is 0 Å². The van der Waals surface area contributed by atoms with Crippen molar-refractivity contribution in [1.82, 2.24) is 5.32 Å². The molecule has 11 heteroatoms. The number of carbonyl (C=O) groups is 2. The fourth-order valence-electron chi connectivity index (χ4n) is 11.1. The van der Waals surface area contributed by atoms with E-state index >= 15 is 0 Å². The monoisotopic (exact) mass is 1170 g/mol. The lowest BCUT2D eigenvalue weighted by atomic mass is 9.99. The minimum atomic E-state index is -1.58. The van der Waals surface area contributed by atoms with Crippen LogP contribution in [0.25, 0.3) is 0 Å². The van der Waals surface area contributed by atoms with Crippen LogP contribution in [0.1, 0.15) is 335 Å². The molecule has 1 heterocycles. The Hall–Kier alpha value is -2.38. The molecule has 0 aromatic rings. The van der Waals surface area contributed by atoms with Crippen LogP contribution in [0, 0.1) is 0 Å². The maximum absolute atomic E-state index is 13.1. The van der Waals surface area contributed by atoms with Crippen LogP contribution in [0.4, 0.5) is 0 Å². The molecule has 6 N–H and O–H groups in total. The zero-order valence-corrected chi connectivity index (χ0v) is 53.9. The molecule has 0 bridgehead atoms. The second-order valence-electron chi connectivity index (χ2n) is 24.6. The van der Waals surface area contributed by atoms with Crippen molar-refractivity contribution in [3.8, 4) is 0 Å². The van der Waals surface area contributed by atoms with E-state index < -0.39 is 49.5 Å². The van der Waals surface area contributed by atoms with Crippen LogP contribution in [0.5, 0.6) is 0 Å². The van der Waals surface area contributed by atoms with Crippen molar-refractivity contribution in [2.75, 3.05) is 19.8 Å². The number of hydrogen-bond donors (Lipinski definition) is 6. The quantitative estimate of drug-likeness (QED) is 0.0195. The predicted molar refractivity (Wildman–Crippen MR) is 347 cm³/mol. The van der Waals surface area contributed by atoms with Crippen molar-refractivity contribution in [2.24, 2.45) is 0 Å². The summed E-state index contributed by atoms with van der Waals surface area (Å²) in [6, 6.07) is -0.834. The molecule has 83 heavy (non-hydrogen) atoms. The Morgan fingerprint density at radius 3 is 1.20 bits per heavy atom. The number of esters is 1. The number of hydrogen-bond acceptors (Lipinski definition) is 10. The molecule has 1 amide bonds. The van der Waals surface area contributed by atoms with Crippen molar-refractivity contribution < 1.29 is 49.3 Å². The molecule has 1 saturated heterocycles. The summed E-state index contributed by atoms with van der Waals surface area (Å²) in [5.74, 6) is -0.186. The Balaban J connectivity index is 1.99. The largest absolute Gasteiger partial charge is 0.466 e. The number of ether oxygens (including phenoxy) is 3. The van der Waals surface area contributed by atoms with Gasteiger partial charge >= 0.3 is 5.97 Å². The molecule has 0 aliphatic carbocycles. The molecule has 0 saturated carbocycles. The van der Waals surface area contributed by atoms with E-state index in [1.165, 1.54) is 238 Å². The van der Waals surface area contributed by atoms with Gasteiger partial charge in [0, 0.05) is 12.8 Å². The van der Waals surface area contributed by atoms with E-state index in [4.69, 9.17) is 14.2 Å². The van der Waals surface area contributed by atoms with Gasteiger partial charge in [0.2, 0.25) is 5.91 Å². The summed E-state index contributed by atoms with van der Waals surface area (Å²) in [5, 5.41) is 54.5. The molecule has 0 aromatic heterocycles. The number of aliphatic hydroxyl groups excluding tert-OH is 5. The van der Waals surface area contributed by atoms with Gasteiger partial charge in [-0.3, -0.25) is 9.59 Å². The second kappa shape index (κ2) is 61.3. The van der Waals surface area contributed by atoms with Gasteiger partial charge in [-0.15, -0.1) is 0 Å². The molecule has 1 fully saturated rings. The van der Waals surface area contributed by atoms with Gasteiger partial charge in [-0.1, -0.05) is 287 Å². The van der Waals surface area contributed by atoms with Crippen LogP contribution in [0.15, 0.2) is 48.6 Å². The normalized spacial score (nSPS) is 18.4. The summed E-state index contributed by atoms with van der Waals surface area (Å²) >= 11 is 0. The van der Waals surface area contributed by atoms with Gasteiger partial charge in [-0.25, -0.2) is 0 Å². The first-order chi connectivity index (χ1) is 40.7. The third-order valence-electron chi connectivity index (χ3n) is 16.6. The fourth-order valence-corrected chi connectivity index (χ4v) is 11.1. The number of allylic oxidation sites excluding steroid dienone is 7. The first-order valence-electron chi connectivity index (χ1n) is 35.4. The zero-order chi connectivity index (χ0) is 60.2. The summed E-state index contributed by atoms with van der Waals surface area (Å²) in [6.07, 6.45) is 69.6. The molecule has 1 rings (SSSR count). The molecular formula is C72H133NO10. The molecule has 11 nitrogen and oxygen atoms in total. The second-order valence-corrected chi connectivity index (χ2v) is 24.6. The van der Waals surface area contributed by atoms with Crippen LogP contribution in [0.2, 0.25) is 0 Å². The highest BCUT2D eigenvalue weighted by Crippen LogP contribution is 2.23. The van der Waals surface area contributed by atoms with Gasteiger partial charge in [0.1, 0.15) is 24.4 Å². The average Bonchev–Trinajstić information content (AvgIpc) is 3.57. The molecule has 1 aliphatic rings. The first-order valence-corrected chi connectivity index (χ1v) is 35.4. The minimum absolute atomic E-state index is 0.00812. The SMILES string of the molecule is CCCCCC/C=C/CC/C=C/CC/C=C/C(O)C(COC1OC(CO)C(O)C(O)C1O)NC(=O)CCCCCCCCCCCCCCCC/C=C\CCCCCCCCCCCCCCOC(=O)CCCCCCCCCCCCC. The lowest BCUT2D eigenvalue weighted by Crippen LogP contribution is -2.60. The Bertz CT molecular complexity index is 1520. The average molecular weight is 1170 g/mol. The summed E-state index contributed by atoms with van der Waals surface area (Å²) in [4.78, 5) is 25.1. The molecule has 0 aromatic carbocycles. The van der Waals surface area contributed by atoms with Gasteiger partial charge in [0.15, 0.2) is 6.29 Å². The fraction of sp³-hybridized carbons (Fsp3) is 0.861. The van der Waals surface area contributed by atoms with E-state index in [9.17, 15) is 35.1 Å². The summed E-state index contributed by atoms with van der Waals surface area (Å²) in [7, 11) is 0. The van der Waals surface area contributed by atoms with E-state index in [0.717, 1.165) is 70.6 Å². The number of unbranched alkanes of at least 4 members (excludes halogenated alkanes) is 42. The molecule has 0 radical (unpaired) electrons. The van der Waals surface area contributed by atoms with E-state index in [1.54, 1.807) is 6.08 Å². The summed E-state index contributed by atoms with van der Waals surface area (Å²) in [5.41, 5.74) is 0. The molecular weight excluding hydrogens is 1040 g/mol. The van der Waals surface area contributed by atoms with Crippen LogP contribution < -0.4 is 5.32 Å². The van der Waals surface area contributed by atoms with E-state index in [0.29, 0.717) is 19.4 Å². The lowest BCUT2D eigenvalue weighted by Gasteiger charge is -2.40. The van der Waals surface area contributed by atoms with Crippen LogP contribution >= 0.6 is 0 Å². The number of nitrogens with one attached hydrogen (secondary N) is 1. The molecule has 0 spiro atoms. The van der Waals surface area contributed by atoms with Gasteiger partial charge in [-0.2, -0.15) is 0 Å². The Morgan fingerprint density at radius 1 is 0.434 bits per heavy atom. The predicted octanol–water partition coefficient (Wildman–Crippen LogP) is 18.0. The molecule has 7 atom stereocenters. The minimum Gasteiger partial charge on any atom is -0.466 e. The maximum atomic E-state index is 13.1. The highest BCUT2D eigenvalue weighted by Gasteiger charge is 2.44. The smallest absolute Gasteiger partial charge is 0.305 e. The van der Waals surface area contributed by atoms with Crippen molar-refractivity contribution in [3.05, 3.63) is 48.6 Å². The number of aliphatic hydroxyl groups is 5. The topological polar surface area (TPSA) is 175 Å². The van der Waals surface area contributed by atoms with E-state index in [1.807, 2.05) is 6.08 Å². The standard InChI is InChI=1S/C72H133NO10/c1-3-5-7-9-11-13-15-16-35-39-42-46-50-54-58-65(75)64(63-82-72-71(80)70(79)69(78)66(62-74)83-72)73-67(76)59-55-51-47-43-40-36-33-31-29-27-25-23-21-19-17-18-20-22-24-26-28-30-32-34-37-41-45-49-53-57-61-81-68(77)60-56-52-48-44-38-14-12-10-8-6-4-2/h13,15,18,20,39,42,54,58,64-66,69-72,74-75,78-80H,3-12,14,16-17,19,21-38,40-41,43-53,55-57,59-63H2,1-2H3,(H,73,76)/b15-13+,20-18-,42-39+,58-54+. The summed E-state index contributed by atoms with van der Waals surface area (Å²) in [6.45, 7) is 4.33. The lowest BCUT2D eigenvalue weighted by molar-refractivity contribution is -0.302. The zero-order valence-electron chi connectivity index (χ0n) is 53.9. The highest BCUT2D eigenvalue weighted by molar-refractivity contribution is 5.76. The van der Waals surface area contributed by atoms with Gasteiger partial charge in [-0.05, 0) is 83.5 Å². The number of carbonyl (C=O) groups excluding carboxylic acids is 2. The van der Waals surface area contributed by atoms with Crippen LogP contribution in [0.3, 0.4) is 0 Å². The summed E-state index contributed by atoms with van der Waals surface area (Å²) < 4.78 is 16.7. The van der Waals surface area contributed by atoms with E-state index in [-0.39, 0.29) is 18.5 Å². The molecule has 7 unspecified atom stereocenters. The van der Waals surface area contributed by atoms with Crippen LogP contribution in [-0.2, 0) is 23.8 Å². The highest BCUT2D eigenvalue weighted by atomic mass is 16.7. The molecule has 1 aliphatic heterocycles. The van der Waals surface area contributed by atoms with Crippen molar-refractivity contribution >= 4 is 11.9 Å². The third-order valence-corrected chi connectivity index (χ3v) is 16.6. The van der Waals surface area contributed by atoms with Crippen LogP contribution in [-0.4, -0.2) is 100 Å². The Kier molecular flexibility index (Phi) is 58.0.